The molecule has 1 N–H and O–H groups in total. The molecule has 0 radical (unpaired) electrons. The van der Waals surface area contributed by atoms with Gasteiger partial charge in [0.25, 0.3) is 0 Å². The minimum Gasteiger partial charge on any atom is -0.479 e. The molecule has 2 aromatic rings. The van der Waals surface area contributed by atoms with Crippen molar-refractivity contribution in [3.8, 4) is 5.75 Å². The molecule has 21 heavy (non-hydrogen) atoms. The third-order valence-electron chi connectivity index (χ3n) is 3.89. The maximum atomic E-state index is 11.0. The van der Waals surface area contributed by atoms with Crippen LogP contribution in [0, 0.1) is 0 Å². The van der Waals surface area contributed by atoms with Gasteiger partial charge >= 0.3 is 5.97 Å². The van der Waals surface area contributed by atoms with E-state index in [1.807, 2.05) is 25.3 Å². The summed E-state index contributed by atoms with van der Waals surface area (Å²) in [7, 11) is 0. The maximum absolute atomic E-state index is 11.0. The number of carbonyl (C=O) groups is 1. The van der Waals surface area contributed by atoms with Crippen molar-refractivity contribution in [2.24, 2.45) is 0 Å². The summed E-state index contributed by atoms with van der Waals surface area (Å²) in [6, 6.07) is 6.01. The van der Waals surface area contributed by atoms with Crippen LogP contribution in [0.2, 0.25) is 0 Å². The summed E-state index contributed by atoms with van der Waals surface area (Å²) in [6.07, 6.45) is 2.06. The average Bonchev–Trinajstić information content (AvgIpc) is 2.82. The first-order valence-corrected chi connectivity index (χ1v) is 7.24. The van der Waals surface area contributed by atoms with Crippen LogP contribution in [-0.2, 0) is 16.1 Å². The number of carboxylic acids is 1. The minimum absolute atomic E-state index is 0.103. The van der Waals surface area contributed by atoms with Crippen LogP contribution in [0.4, 0.5) is 0 Å². The Labute approximate surface area is 123 Å². The Morgan fingerprint density at radius 2 is 2.33 bits per heavy atom. The lowest BCUT2D eigenvalue weighted by molar-refractivity contribution is -0.144. The Bertz CT molecular complexity index is 676. The van der Waals surface area contributed by atoms with Gasteiger partial charge in [-0.2, -0.15) is 0 Å². The molecule has 1 aliphatic heterocycles. The molecule has 0 amide bonds. The molecule has 2 unspecified atom stereocenters. The summed E-state index contributed by atoms with van der Waals surface area (Å²) in [6.45, 7) is 5.07. The van der Waals surface area contributed by atoms with Crippen LogP contribution < -0.4 is 4.74 Å². The number of hydrogen-bond acceptors (Lipinski definition) is 3. The Balaban J connectivity index is 2.05. The van der Waals surface area contributed by atoms with Crippen LogP contribution in [0.25, 0.3) is 10.9 Å². The van der Waals surface area contributed by atoms with Crippen molar-refractivity contribution in [1.29, 1.82) is 0 Å². The van der Waals surface area contributed by atoms with E-state index in [0.29, 0.717) is 12.4 Å². The van der Waals surface area contributed by atoms with Gasteiger partial charge in [0, 0.05) is 30.3 Å². The van der Waals surface area contributed by atoms with E-state index in [2.05, 4.69) is 10.6 Å². The van der Waals surface area contributed by atoms with Gasteiger partial charge in [-0.25, -0.2) is 4.79 Å². The van der Waals surface area contributed by atoms with E-state index in [9.17, 15) is 4.79 Å². The lowest BCUT2D eigenvalue weighted by Gasteiger charge is -2.24. The smallest absolute Gasteiger partial charge is 0.344 e. The van der Waals surface area contributed by atoms with Crippen LogP contribution in [0.15, 0.2) is 24.4 Å². The monoisotopic (exact) mass is 289 g/mol. The zero-order chi connectivity index (χ0) is 15.0. The Hall–Kier alpha value is -2.01. The largest absolute Gasteiger partial charge is 0.479 e. The fourth-order valence-electron chi connectivity index (χ4n) is 2.91. The number of aryl methyl sites for hydroxylation is 1. The third kappa shape index (κ3) is 2.38. The average molecular weight is 289 g/mol. The number of carboxylic acid groups (broad SMARTS) is 1. The fraction of sp³-hybridized carbons (Fsp3) is 0.438. The summed E-state index contributed by atoms with van der Waals surface area (Å²) >= 11 is 0. The molecule has 1 aromatic heterocycles. The van der Waals surface area contributed by atoms with Crippen LogP contribution in [0.3, 0.4) is 0 Å². The number of ether oxygens (including phenoxy) is 2. The zero-order valence-corrected chi connectivity index (χ0v) is 12.2. The van der Waals surface area contributed by atoms with E-state index in [1.165, 1.54) is 6.92 Å². The lowest BCUT2D eigenvalue weighted by atomic mass is 10.0. The molecule has 2 heterocycles. The summed E-state index contributed by atoms with van der Waals surface area (Å²) in [4.78, 5) is 11.0. The van der Waals surface area contributed by atoms with Crippen LogP contribution >= 0.6 is 0 Å². The molecule has 0 fully saturated rings. The van der Waals surface area contributed by atoms with Gasteiger partial charge in [0.05, 0.1) is 11.6 Å². The first-order chi connectivity index (χ1) is 10.1. The molecule has 1 aliphatic rings. The molecule has 0 aliphatic carbocycles. The molecule has 3 rings (SSSR count). The fourth-order valence-corrected chi connectivity index (χ4v) is 2.91. The van der Waals surface area contributed by atoms with Gasteiger partial charge in [-0.3, -0.25) is 0 Å². The molecule has 0 bridgehead atoms. The van der Waals surface area contributed by atoms with Crippen molar-refractivity contribution < 1.29 is 19.4 Å². The number of rotatable bonds is 5. The van der Waals surface area contributed by atoms with Gasteiger partial charge in [0.2, 0.25) is 0 Å². The molecule has 5 heteroatoms. The first-order valence-electron chi connectivity index (χ1n) is 7.24. The molecule has 0 spiro atoms. The summed E-state index contributed by atoms with van der Waals surface area (Å²) in [5.41, 5.74) is 2.24. The number of aliphatic carboxylic acids is 1. The van der Waals surface area contributed by atoms with E-state index in [-0.39, 0.29) is 6.10 Å². The molecule has 1 aromatic carbocycles. The predicted octanol–water partition coefficient (Wildman–Crippen LogP) is 2.97. The molecule has 0 saturated heterocycles. The van der Waals surface area contributed by atoms with E-state index in [4.69, 9.17) is 14.6 Å². The molecular formula is C16H19NO4. The van der Waals surface area contributed by atoms with Crippen molar-refractivity contribution >= 4 is 16.9 Å². The molecule has 112 valence electrons. The summed E-state index contributed by atoms with van der Waals surface area (Å²) in [5, 5.41) is 9.96. The molecule has 0 saturated carbocycles. The standard InChI is InChI=1S/C16H19NO4/c1-3-20-13-7-8-17-9-14(21-10(2)16(18)19)12-6-4-5-11(13)15(12)17/h4-6,9-10,13H,3,7-8H2,1-2H3,(H,18,19). The first kappa shape index (κ1) is 13.9. The van der Waals surface area contributed by atoms with Gasteiger partial charge in [-0.15, -0.1) is 0 Å². The summed E-state index contributed by atoms with van der Waals surface area (Å²) in [5.74, 6) is -0.340. The van der Waals surface area contributed by atoms with Gasteiger partial charge in [0.15, 0.2) is 6.10 Å². The van der Waals surface area contributed by atoms with Crippen molar-refractivity contribution in [3.05, 3.63) is 30.0 Å². The molecular weight excluding hydrogens is 270 g/mol. The van der Waals surface area contributed by atoms with E-state index in [0.717, 1.165) is 29.4 Å². The van der Waals surface area contributed by atoms with Crippen molar-refractivity contribution in [2.75, 3.05) is 6.61 Å². The molecule has 5 nitrogen and oxygen atoms in total. The number of aromatic nitrogens is 1. The number of hydrogen-bond donors (Lipinski definition) is 1. The third-order valence-corrected chi connectivity index (χ3v) is 3.89. The van der Waals surface area contributed by atoms with Gasteiger partial charge < -0.3 is 19.1 Å². The highest BCUT2D eigenvalue weighted by molar-refractivity contribution is 5.90. The second-order valence-corrected chi connectivity index (χ2v) is 5.26. The maximum Gasteiger partial charge on any atom is 0.344 e. The second-order valence-electron chi connectivity index (χ2n) is 5.26. The van der Waals surface area contributed by atoms with Gasteiger partial charge in [-0.1, -0.05) is 12.1 Å². The summed E-state index contributed by atoms with van der Waals surface area (Å²) < 4.78 is 13.5. The Kier molecular flexibility index (Phi) is 3.59. The number of benzene rings is 1. The minimum atomic E-state index is -0.964. The quantitative estimate of drug-likeness (QED) is 0.919. The highest BCUT2D eigenvalue weighted by Crippen LogP contribution is 2.39. The lowest BCUT2D eigenvalue weighted by Crippen LogP contribution is -2.22. The Morgan fingerprint density at radius 3 is 3.05 bits per heavy atom. The van der Waals surface area contributed by atoms with E-state index < -0.39 is 12.1 Å². The second kappa shape index (κ2) is 5.41. The normalized spacial score (nSPS) is 18.7. The number of nitrogens with zero attached hydrogens (tertiary/aromatic N) is 1. The SMILES string of the molecule is CCOC1CCn2cc(OC(C)C(=O)O)c3cccc1c32. The van der Waals surface area contributed by atoms with Gasteiger partial charge in [0.1, 0.15) is 5.75 Å². The molecule has 2 atom stereocenters. The van der Waals surface area contributed by atoms with Crippen LogP contribution in [0.1, 0.15) is 31.9 Å². The van der Waals surface area contributed by atoms with Crippen molar-refractivity contribution in [2.45, 2.75) is 39.0 Å². The topological polar surface area (TPSA) is 60.7 Å². The highest BCUT2D eigenvalue weighted by Gasteiger charge is 2.25. The predicted molar refractivity (Wildman–Crippen MR) is 78.6 cm³/mol. The van der Waals surface area contributed by atoms with Crippen molar-refractivity contribution in [3.63, 3.8) is 0 Å². The zero-order valence-electron chi connectivity index (χ0n) is 12.2. The highest BCUT2D eigenvalue weighted by atomic mass is 16.5. The van der Waals surface area contributed by atoms with Crippen molar-refractivity contribution in [1.82, 2.24) is 4.57 Å². The van der Waals surface area contributed by atoms with E-state index >= 15 is 0 Å². The van der Waals surface area contributed by atoms with E-state index in [1.54, 1.807) is 0 Å². The number of para-hydroxylation sites is 1. The Morgan fingerprint density at radius 1 is 1.52 bits per heavy atom. The van der Waals surface area contributed by atoms with Crippen LogP contribution in [-0.4, -0.2) is 28.4 Å². The van der Waals surface area contributed by atoms with Gasteiger partial charge in [-0.05, 0) is 26.3 Å². The van der Waals surface area contributed by atoms with Crippen LogP contribution in [0.5, 0.6) is 5.75 Å².